The fourth-order valence-electron chi connectivity index (χ4n) is 1.31. The van der Waals surface area contributed by atoms with E-state index < -0.39 is 0 Å². The van der Waals surface area contributed by atoms with E-state index in [1.165, 1.54) is 17.2 Å². The molecule has 0 bridgehead atoms. The Morgan fingerprint density at radius 3 is 3.23 bits per heavy atom. The first kappa shape index (κ1) is 7.85. The van der Waals surface area contributed by atoms with E-state index in [9.17, 15) is 9.90 Å². The lowest BCUT2D eigenvalue weighted by molar-refractivity contribution is -0.116. The van der Waals surface area contributed by atoms with Gasteiger partial charge >= 0.3 is 0 Å². The van der Waals surface area contributed by atoms with Crippen LogP contribution in [0.5, 0.6) is 5.75 Å². The van der Waals surface area contributed by atoms with E-state index in [0.717, 1.165) is 0 Å². The van der Waals surface area contributed by atoms with E-state index in [1.807, 2.05) is 0 Å². The second-order valence-corrected chi connectivity index (χ2v) is 2.83. The van der Waals surface area contributed by atoms with Gasteiger partial charge in [0.25, 0.3) is 0 Å². The molecule has 0 unspecified atom stereocenters. The van der Waals surface area contributed by atoms with Crippen LogP contribution in [0.2, 0.25) is 0 Å². The average molecular weight is 179 g/mol. The number of amides is 1. The normalized spacial score (nSPS) is 15.2. The Morgan fingerprint density at radius 1 is 1.69 bits per heavy atom. The number of rotatable bonds is 0. The number of anilines is 2. The second-order valence-electron chi connectivity index (χ2n) is 2.83. The lowest BCUT2D eigenvalue weighted by atomic mass is 10.2. The first-order chi connectivity index (χ1) is 6.20. The van der Waals surface area contributed by atoms with Crippen molar-refractivity contribution in [1.82, 2.24) is 4.98 Å². The summed E-state index contributed by atoms with van der Waals surface area (Å²) >= 11 is 0. The molecule has 0 saturated heterocycles. The summed E-state index contributed by atoms with van der Waals surface area (Å²) in [5.41, 5.74) is 0.443. The minimum absolute atomic E-state index is 0.0630. The number of hydrogen-bond acceptors (Lipinski definition) is 4. The number of aromatic nitrogens is 1. The zero-order valence-electron chi connectivity index (χ0n) is 7.11. The van der Waals surface area contributed by atoms with Gasteiger partial charge in [0.15, 0.2) is 5.82 Å². The Bertz CT molecular complexity index is 364. The first-order valence-electron chi connectivity index (χ1n) is 3.88. The minimum atomic E-state index is -0.0872. The van der Waals surface area contributed by atoms with Crippen LogP contribution in [0.4, 0.5) is 11.5 Å². The van der Waals surface area contributed by atoms with E-state index >= 15 is 0 Å². The third kappa shape index (κ3) is 1.09. The van der Waals surface area contributed by atoms with Gasteiger partial charge in [0, 0.05) is 19.3 Å². The summed E-state index contributed by atoms with van der Waals surface area (Å²) in [4.78, 5) is 16.6. The Morgan fingerprint density at radius 2 is 2.46 bits per heavy atom. The molecule has 0 radical (unpaired) electrons. The highest BCUT2D eigenvalue weighted by Crippen LogP contribution is 2.34. The molecule has 0 atom stereocenters. The standard InChI is InChI=1S/C8H9N3O2/c1-11-6(13)4-10-8-7(11)5(12)2-3-9-8/h2-3H,4H2,1H3,(H2,9,10,12). The molecule has 0 spiro atoms. The number of fused-ring (bicyclic) bond motifs is 1. The second kappa shape index (κ2) is 2.62. The maximum absolute atomic E-state index is 11.2. The van der Waals surface area contributed by atoms with Gasteiger partial charge in [0.2, 0.25) is 5.91 Å². The summed E-state index contributed by atoms with van der Waals surface area (Å²) in [6.07, 6.45) is 1.49. The molecule has 1 aliphatic rings. The largest absolute Gasteiger partial charge is 0.506 e. The molecule has 5 heteroatoms. The Kier molecular flexibility index (Phi) is 1.58. The summed E-state index contributed by atoms with van der Waals surface area (Å²) in [5.74, 6) is 0.519. The molecule has 2 N–H and O–H groups in total. The Balaban J connectivity index is 2.57. The van der Waals surface area contributed by atoms with Crippen molar-refractivity contribution in [1.29, 1.82) is 0 Å². The fourth-order valence-corrected chi connectivity index (χ4v) is 1.31. The molecule has 1 aromatic rings. The van der Waals surface area contributed by atoms with Crippen LogP contribution in [0, 0.1) is 0 Å². The quantitative estimate of drug-likeness (QED) is 0.596. The molecule has 5 nitrogen and oxygen atoms in total. The molecule has 0 fully saturated rings. The highest BCUT2D eigenvalue weighted by molar-refractivity contribution is 6.02. The van der Waals surface area contributed by atoms with Gasteiger partial charge in [0.1, 0.15) is 11.4 Å². The smallest absolute Gasteiger partial charge is 0.246 e. The average Bonchev–Trinajstić information content (AvgIpc) is 2.12. The van der Waals surface area contributed by atoms with Crippen molar-refractivity contribution in [2.75, 3.05) is 23.8 Å². The van der Waals surface area contributed by atoms with Gasteiger partial charge in [-0.1, -0.05) is 0 Å². The van der Waals surface area contributed by atoms with Crippen LogP contribution in [-0.4, -0.2) is 29.6 Å². The summed E-state index contributed by atoms with van der Waals surface area (Å²) in [7, 11) is 1.61. The summed E-state index contributed by atoms with van der Waals surface area (Å²) in [5, 5.41) is 12.3. The molecule has 0 aromatic carbocycles. The van der Waals surface area contributed by atoms with Crippen molar-refractivity contribution in [3.05, 3.63) is 12.3 Å². The monoisotopic (exact) mass is 179 g/mol. The zero-order valence-corrected chi connectivity index (χ0v) is 7.11. The van der Waals surface area contributed by atoms with Crippen LogP contribution >= 0.6 is 0 Å². The number of pyridine rings is 1. The third-order valence-electron chi connectivity index (χ3n) is 2.02. The summed E-state index contributed by atoms with van der Waals surface area (Å²) in [6, 6.07) is 1.45. The van der Waals surface area contributed by atoms with Gasteiger partial charge in [-0.05, 0) is 0 Å². The molecule has 1 amide bonds. The van der Waals surface area contributed by atoms with E-state index in [-0.39, 0.29) is 18.2 Å². The number of nitrogens with zero attached hydrogens (tertiary/aromatic N) is 2. The van der Waals surface area contributed by atoms with Crippen molar-refractivity contribution < 1.29 is 9.90 Å². The molecule has 2 rings (SSSR count). The van der Waals surface area contributed by atoms with Crippen molar-refractivity contribution in [2.24, 2.45) is 0 Å². The molecule has 1 aromatic heterocycles. The van der Waals surface area contributed by atoms with Gasteiger partial charge in [-0.15, -0.1) is 0 Å². The zero-order chi connectivity index (χ0) is 9.42. The van der Waals surface area contributed by atoms with Gasteiger partial charge in [0.05, 0.1) is 6.54 Å². The van der Waals surface area contributed by atoms with Gasteiger partial charge in [-0.3, -0.25) is 4.79 Å². The van der Waals surface area contributed by atoms with E-state index in [0.29, 0.717) is 11.5 Å². The van der Waals surface area contributed by atoms with Crippen molar-refractivity contribution in [3.63, 3.8) is 0 Å². The van der Waals surface area contributed by atoms with Crippen LogP contribution in [0.1, 0.15) is 0 Å². The number of aromatic hydroxyl groups is 1. The SMILES string of the molecule is CN1C(=O)CNc2nccc(O)c21. The van der Waals surface area contributed by atoms with Gasteiger partial charge in [-0.2, -0.15) is 0 Å². The summed E-state index contributed by atoms with van der Waals surface area (Å²) < 4.78 is 0. The minimum Gasteiger partial charge on any atom is -0.506 e. The number of likely N-dealkylation sites (N-methyl/N-ethyl adjacent to an activating group) is 1. The molecule has 1 aliphatic heterocycles. The maximum Gasteiger partial charge on any atom is 0.246 e. The molecule has 13 heavy (non-hydrogen) atoms. The van der Waals surface area contributed by atoms with Crippen LogP contribution < -0.4 is 10.2 Å². The Hall–Kier alpha value is -1.78. The molecule has 2 heterocycles. The topological polar surface area (TPSA) is 65.5 Å². The molecule has 0 aliphatic carbocycles. The van der Waals surface area contributed by atoms with Crippen molar-refractivity contribution in [3.8, 4) is 5.75 Å². The number of nitrogens with one attached hydrogen (secondary N) is 1. The maximum atomic E-state index is 11.2. The van der Waals surface area contributed by atoms with Crippen LogP contribution in [0.25, 0.3) is 0 Å². The first-order valence-corrected chi connectivity index (χ1v) is 3.88. The molecular weight excluding hydrogens is 170 g/mol. The van der Waals surface area contributed by atoms with Crippen molar-refractivity contribution in [2.45, 2.75) is 0 Å². The molecule has 68 valence electrons. The lowest BCUT2D eigenvalue weighted by Gasteiger charge is -2.26. The fraction of sp³-hybridized carbons (Fsp3) is 0.250. The van der Waals surface area contributed by atoms with Crippen molar-refractivity contribution >= 4 is 17.4 Å². The van der Waals surface area contributed by atoms with Gasteiger partial charge in [-0.25, -0.2) is 4.98 Å². The molecule has 0 saturated carbocycles. The molecular formula is C8H9N3O2. The lowest BCUT2D eigenvalue weighted by Crippen LogP contribution is -2.37. The van der Waals surface area contributed by atoms with Crippen LogP contribution in [0.15, 0.2) is 12.3 Å². The van der Waals surface area contributed by atoms with E-state index in [4.69, 9.17) is 0 Å². The number of carbonyl (C=O) groups excluding carboxylic acids is 1. The number of carbonyl (C=O) groups is 1. The van der Waals surface area contributed by atoms with Crippen LogP contribution in [-0.2, 0) is 4.79 Å². The summed E-state index contributed by atoms with van der Waals surface area (Å²) in [6.45, 7) is 0.222. The Labute approximate surface area is 75.0 Å². The van der Waals surface area contributed by atoms with Gasteiger partial charge < -0.3 is 15.3 Å². The van der Waals surface area contributed by atoms with Crippen LogP contribution in [0.3, 0.4) is 0 Å². The predicted octanol–water partition coefficient (Wildman–Crippen LogP) is 0.175. The predicted molar refractivity (Wildman–Crippen MR) is 47.8 cm³/mol. The highest BCUT2D eigenvalue weighted by atomic mass is 16.3. The highest BCUT2D eigenvalue weighted by Gasteiger charge is 2.23. The van der Waals surface area contributed by atoms with E-state index in [2.05, 4.69) is 10.3 Å². The number of hydrogen-bond donors (Lipinski definition) is 2. The third-order valence-corrected chi connectivity index (χ3v) is 2.02. The van der Waals surface area contributed by atoms with E-state index in [1.54, 1.807) is 7.05 Å².